The van der Waals surface area contributed by atoms with Crippen LogP contribution in [0.4, 0.5) is 17.1 Å². The van der Waals surface area contributed by atoms with Gasteiger partial charge in [0.15, 0.2) is 19.6 Å². The van der Waals surface area contributed by atoms with Gasteiger partial charge in [0.25, 0.3) is 0 Å². The molecule has 3 nitrogen and oxygen atoms in total. The zero-order chi connectivity index (χ0) is 43.6. The van der Waals surface area contributed by atoms with Crippen LogP contribution in [0.5, 0.6) is 23.0 Å². The third-order valence-corrected chi connectivity index (χ3v) is 19.3. The number of hydrogen-bond donors (Lipinski definition) is 0. The van der Waals surface area contributed by atoms with E-state index in [1.54, 1.807) is 0 Å². The number of rotatable bonds is 4. The molecule has 0 unspecified atom stereocenters. The summed E-state index contributed by atoms with van der Waals surface area (Å²) in [4.78, 5) is 2.39. The first-order valence-corrected chi connectivity index (χ1v) is 24.6. The van der Waals surface area contributed by atoms with Gasteiger partial charge in [0.05, 0.1) is 11.4 Å². The fourth-order valence-corrected chi connectivity index (χ4v) is 16.1. The van der Waals surface area contributed by atoms with Gasteiger partial charge in [-0.3, -0.25) is 0 Å². The van der Waals surface area contributed by atoms with Crippen LogP contribution in [0.3, 0.4) is 0 Å². The average Bonchev–Trinajstić information content (AvgIpc) is 3.57. The maximum atomic E-state index is 7.25. The first-order valence-electron chi connectivity index (χ1n) is 22.6. The summed E-state index contributed by atoms with van der Waals surface area (Å²) in [5.74, 6) is 3.50. The molecule has 4 heteroatoms. The van der Waals surface area contributed by atoms with Crippen molar-refractivity contribution < 1.29 is 9.47 Å². The van der Waals surface area contributed by atoms with E-state index in [4.69, 9.17) is 9.47 Å². The van der Waals surface area contributed by atoms with E-state index in [9.17, 15) is 0 Å². The van der Waals surface area contributed by atoms with E-state index in [2.05, 4.69) is 233 Å². The molecule has 13 rings (SSSR count). The summed E-state index contributed by atoms with van der Waals surface area (Å²) in [6.07, 6.45) is 0. The number of aryl methyl sites for hydroxylation is 2. The van der Waals surface area contributed by atoms with E-state index >= 15 is 0 Å². The quantitative estimate of drug-likeness (QED) is 0.165. The van der Waals surface area contributed by atoms with E-state index in [1.807, 2.05) is 0 Å². The molecule has 0 fully saturated rings. The number of benzene rings is 10. The number of anilines is 3. The van der Waals surface area contributed by atoms with Crippen LogP contribution < -0.4 is 35.1 Å². The van der Waals surface area contributed by atoms with Gasteiger partial charge in [0, 0.05) is 16.5 Å². The van der Waals surface area contributed by atoms with Crippen LogP contribution in [-0.2, 0) is 5.41 Å². The van der Waals surface area contributed by atoms with Gasteiger partial charge in [-0.1, -0.05) is 183 Å². The average molecular weight is 852 g/mol. The molecule has 0 atom stereocenters. The van der Waals surface area contributed by atoms with Crippen molar-refractivity contribution in [2.75, 3.05) is 4.90 Å². The molecule has 0 amide bonds. The van der Waals surface area contributed by atoms with Crippen LogP contribution in [-0.4, -0.2) is 8.07 Å². The highest BCUT2D eigenvalue weighted by Gasteiger charge is 2.48. The molecule has 0 spiro atoms. The lowest BCUT2D eigenvalue weighted by atomic mass is 9.82. The predicted octanol–water partition coefficient (Wildman–Crippen LogP) is 13.6. The van der Waals surface area contributed by atoms with Crippen molar-refractivity contribution in [2.24, 2.45) is 0 Å². The van der Waals surface area contributed by atoms with E-state index < -0.39 is 8.07 Å². The fraction of sp³-hybridized carbons (Fsp3) is 0.0820. The molecule has 3 aliphatic rings. The zero-order valence-corrected chi connectivity index (χ0v) is 37.8. The zero-order valence-electron chi connectivity index (χ0n) is 36.8. The molecule has 65 heavy (non-hydrogen) atoms. The summed E-state index contributed by atoms with van der Waals surface area (Å²) in [5.41, 5.74) is 13.0. The number of fused-ring (bicyclic) bond motifs is 10. The Bertz CT molecular complexity index is 3560. The summed E-state index contributed by atoms with van der Waals surface area (Å²) >= 11 is 0. The summed E-state index contributed by atoms with van der Waals surface area (Å²) in [5, 5.41) is 9.82. The van der Waals surface area contributed by atoms with Crippen molar-refractivity contribution in [1.82, 2.24) is 0 Å². The molecule has 1 aliphatic carbocycles. The van der Waals surface area contributed by atoms with E-state index in [1.165, 1.54) is 64.9 Å². The van der Waals surface area contributed by atoms with Crippen LogP contribution >= 0.6 is 0 Å². The first kappa shape index (κ1) is 37.9. The Kier molecular flexibility index (Phi) is 8.10. The lowest BCUT2D eigenvalue weighted by Crippen LogP contribution is -2.76. The molecule has 0 radical (unpaired) electrons. The summed E-state index contributed by atoms with van der Waals surface area (Å²) in [7, 11) is -2.89. The van der Waals surface area contributed by atoms with Gasteiger partial charge in [0.1, 0.15) is 11.5 Å². The van der Waals surface area contributed by atoms with Gasteiger partial charge in [-0.05, 0) is 127 Å². The van der Waals surface area contributed by atoms with Crippen LogP contribution in [0.1, 0.15) is 36.1 Å². The Morgan fingerprint density at radius 2 is 1.03 bits per heavy atom. The Morgan fingerprint density at radius 1 is 0.431 bits per heavy atom. The SMILES string of the molecule is Cc1ccc([Si]2(c3ccc(C)cc3)c3ccc(-c4ccc5c(c4)Oc4cc6ccccc6cc4N5c4ccc5c(c4)C(C)(C)c4ccccc4-5)cc3Oc3c2ccc2ccccc32)cc1. The Hall–Kier alpha value is -7.66. The normalized spacial score (nSPS) is 14.6. The van der Waals surface area contributed by atoms with Crippen molar-refractivity contribution in [3.05, 3.63) is 222 Å². The molecular weight excluding hydrogens is 807 g/mol. The highest BCUT2D eigenvalue weighted by molar-refractivity contribution is 7.21. The van der Waals surface area contributed by atoms with Crippen LogP contribution in [0.25, 0.3) is 43.8 Å². The highest BCUT2D eigenvalue weighted by Crippen LogP contribution is 2.55. The van der Waals surface area contributed by atoms with E-state index in [0.29, 0.717) is 0 Å². The molecule has 0 saturated heterocycles. The monoisotopic (exact) mass is 851 g/mol. The van der Waals surface area contributed by atoms with Gasteiger partial charge in [-0.15, -0.1) is 0 Å². The van der Waals surface area contributed by atoms with Crippen molar-refractivity contribution in [1.29, 1.82) is 0 Å². The van der Waals surface area contributed by atoms with Crippen molar-refractivity contribution in [3.63, 3.8) is 0 Å². The van der Waals surface area contributed by atoms with Crippen LogP contribution in [0.2, 0.25) is 0 Å². The maximum Gasteiger partial charge on any atom is 0.188 e. The van der Waals surface area contributed by atoms with Gasteiger partial charge < -0.3 is 14.4 Å². The van der Waals surface area contributed by atoms with Crippen molar-refractivity contribution in [2.45, 2.75) is 33.1 Å². The standard InChI is InChI=1S/C61H45NO2Si/c1-38-17-25-46(26-18-38)65(47-27-19-39(2)20-28-47)58-31-23-44(36-57(58)64-60-48-14-8-7-11-40(48)22-32-59(60)65)43-21-30-53-55(35-43)63-56-34-42-13-6-5-12-41(42)33-54(56)62(53)45-24-29-50-49-15-9-10-16-51(49)61(3,4)52(50)37-45/h5-37H,1-4H3. The highest BCUT2D eigenvalue weighted by atomic mass is 28.3. The fourth-order valence-electron chi connectivity index (χ4n) is 11.2. The van der Waals surface area contributed by atoms with Gasteiger partial charge in [-0.2, -0.15) is 0 Å². The summed E-state index contributed by atoms with van der Waals surface area (Å²) in [6, 6.07) is 74.2. The molecule has 2 heterocycles. The minimum absolute atomic E-state index is 0.131. The number of ether oxygens (including phenoxy) is 2. The minimum atomic E-state index is -2.89. The maximum absolute atomic E-state index is 7.25. The third kappa shape index (κ3) is 5.54. The number of nitrogens with zero attached hydrogens (tertiary/aromatic N) is 1. The van der Waals surface area contributed by atoms with Crippen molar-refractivity contribution in [3.8, 4) is 45.3 Å². The van der Waals surface area contributed by atoms with Crippen LogP contribution in [0.15, 0.2) is 200 Å². The Balaban J connectivity index is 0.989. The lowest BCUT2D eigenvalue weighted by molar-refractivity contribution is 0.478. The summed E-state index contributed by atoms with van der Waals surface area (Å²) in [6.45, 7) is 9.03. The molecular formula is C61H45NO2Si. The van der Waals surface area contributed by atoms with E-state index in [0.717, 1.165) is 62.0 Å². The lowest BCUT2D eigenvalue weighted by Gasteiger charge is -2.40. The molecule has 0 N–H and O–H groups in total. The summed E-state index contributed by atoms with van der Waals surface area (Å²) < 4.78 is 14.2. The molecule has 0 aromatic heterocycles. The molecule has 10 aromatic rings. The number of hydrogen-bond acceptors (Lipinski definition) is 3. The largest absolute Gasteiger partial charge is 0.457 e. The molecule has 0 saturated carbocycles. The van der Waals surface area contributed by atoms with Gasteiger partial charge >= 0.3 is 0 Å². The predicted molar refractivity (Wildman–Crippen MR) is 272 cm³/mol. The smallest absolute Gasteiger partial charge is 0.188 e. The second-order valence-corrected chi connectivity index (χ2v) is 22.4. The molecule has 10 aromatic carbocycles. The molecule has 0 bridgehead atoms. The Morgan fingerprint density at radius 3 is 1.78 bits per heavy atom. The second kappa shape index (κ2) is 13.9. The molecule has 2 aliphatic heterocycles. The van der Waals surface area contributed by atoms with Crippen LogP contribution in [0, 0.1) is 13.8 Å². The Labute approximate surface area is 380 Å². The molecule has 310 valence electrons. The third-order valence-electron chi connectivity index (χ3n) is 14.5. The first-order chi connectivity index (χ1) is 31.8. The topological polar surface area (TPSA) is 21.7 Å². The second-order valence-electron chi connectivity index (χ2n) is 18.6. The van der Waals surface area contributed by atoms with Gasteiger partial charge in [-0.25, -0.2) is 0 Å². The van der Waals surface area contributed by atoms with Gasteiger partial charge in [0.2, 0.25) is 0 Å². The van der Waals surface area contributed by atoms with E-state index in [-0.39, 0.29) is 5.41 Å². The van der Waals surface area contributed by atoms with Crippen molar-refractivity contribution >= 4 is 67.4 Å². The minimum Gasteiger partial charge on any atom is -0.457 e.